The molecule has 1 fully saturated rings. The Bertz CT molecular complexity index is 692. The molecule has 3 heterocycles. The maximum Gasteiger partial charge on any atom is 0.225 e. The number of rotatable bonds is 4. The number of aliphatic imine (C=N–C) groups is 1. The van der Waals surface area contributed by atoms with Crippen LogP contribution in [0.4, 0.5) is 5.95 Å². The van der Waals surface area contributed by atoms with E-state index in [2.05, 4.69) is 37.2 Å². The van der Waals surface area contributed by atoms with E-state index in [-0.39, 0.29) is 24.0 Å². The molecule has 1 aliphatic heterocycles. The third kappa shape index (κ3) is 4.83. The molecule has 3 rings (SSSR count). The second-order valence-corrected chi connectivity index (χ2v) is 6.00. The van der Waals surface area contributed by atoms with E-state index in [4.69, 9.17) is 9.52 Å². The van der Waals surface area contributed by atoms with Crippen molar-refractivity contribution < 1.29 is 4.52 Å². The molecular weight excluding hydrogens is 445 g/mol. The molecule has 1 aliphatic rings. The van der Waals surface area contributed by atoms with Crippen molar-refractivity contribution in [2.75, 3.05) is 37.6 Å². The van der Waals surface area contributed by atoms with Crippen molar-refractivity contribution in [1.82, 2.24) is 25.3 Å². The lowest BCUT2D eigenvalue weighted by Gasteiger charge is -2.36. The number of hydrogen-bond donors (Lipinski definition) is 1. The highest BCUT2D eigenvalue weighted by Crippen LogP contribution is 2.14. The number of hydrogen-bond acceptors (Lipinski definition) is 6. The highest BCUT2D eigenvalue weighted by molar-refractivity contribution is 14.0. The molecule has 2 aromatic rings. The van der Waals surface area contributed by atoms with Crippen LogP contribution in [0.15, 0.2) is 28.0 Å². The lowest BCUT2D eigenvalue weighted by atomic mass is 10.2. The minimum atomic E-state index is 0. The van der Waals surface area contributed by atoms with Crippen LogP contribution in [0.2, 0.25) is 0 Å². The second-order valence-electron chi connectivity index (χ2n) is 6.00. The van der Waals surface area contributed by atoms with Crippen LogP contribution in [0, 0.1) is 13.8 Å². The molecule has 0 saturated carbocycles. The SMILES string of the molecule is CCNC(=NCc1c(C)noc1C)N1CCN(c2ncccn2)CC1.I. The number of anilines is 1. The minimum Gasteiger partial charge on any atom is -0.361 e. The Labute approximate surface area is 171 Å². The van der Waals surface area contributed by atoms with Crippen LogP contribution in [0.1, 0.15) is 23.9 Å². The summed E-state index contributed by atoms with van der Waals surface area (Å²) in [6.45, 7) is 10.9. The van der Waals surface area contributed by atoms with Gasteiger partial charge >= 0.3 is 0 Å². The number of aromatic nitrogens is 3. The average Bonchev–Trinajstić information content (AvgIpc) is 2.98. The van der Waals surface area contributed by atoms with Crippen molar-refractivity contribution in [1.29, 1.82) is 0 Å². The van der Waals surface area contributed by atoms with Gasteiger partial charge in [-0.3, -0.25) is 0 Å². The molecule has 0 bridgehead atoms. The first kappa shape index (κ1) is 20.4. The molecule has 1 N–H and O–H groups in total. The summed E-state index contributed by atoms with van der Waals surface area (Å²) in [5, 5.41) is 7.38. The topological polar surface area (TPSA) is 82.7 Å². The standard InChI is InChI=1S/C17H25N7O.HI/c1-4-18-16(21-12-15-13(2)22-25-14(15)3)23-8-10-24(11-9-23)17-19-6-5-7-20-17;/h5-7H,4,8-12H2,1-3H3,(H,18,21);1H. The van der Waals surface area contributed by atoms with Crippen LogP contribution >= 0.6 is 24.0 Å². The van der Waals surface area contributed by atoms with Crippen molar-refractivity contribution in [3.05, 3.63) is 35.5 Å². The molecule has 0 radical (unpaired) electrons. The molecule has 1 saturated heterocycles. The normalized spacial score (nSPS) is 15.0. The van der Waals surface area contributed by atoms with Crippen LogP contribution in [0.25, 0.3) is 0 Å². The van der Waals surface area contributed by atoms with Gasteiger partial charge < -0.3 is 19.6 Å². The minimum absolute atomic E-state index is 0. The molecule has 0 atom stereocenters. The van der Waals surface area contributed by atoms with Gasteiger partial charge in [0.2, 0.25) is 5.95 Å². The van der Waals surface area contributed by atoms with Crippen molar-refractivity contribution >= 4 is 35.9 Å². The fraction of sp³-hybridized carbons (Fsp3) is 0.529. The van der Waals surface area contributed by atoms with Crippen LogP contribution < -0.4 is 10.2 Å². The first-order valence-corrected chi connectivity index (χ1v) is 8.66. The molecule has 0 unspecified atom stereocenters. The van der Waals surface area contributed by atoms with E-state index in [1.165, 1.54) is 0 Å². The summed E-state index contributed by atoms with van der Waals surface area (Å²) >= 11 is 0. The summed E-state index contributed by atoms with van der Waals surface area (Å²) < 4.78 is 5.22. The predicted octanol–water partition coefficient (Wildman–Crippen LogP) is 1.99. The molecule has 2 aromatic heterocycles. The van der Waals surface area contributed by atoms with Gasteiger partial charge in [0.15, 0.2) is 5.96 Å². The molecule has 26 heavy (non-hydrogen) atoms. The largest absolute Gasteiger partial charge is 0.361 e. The number of halogens is 1. The number of nitrogens with one attached hydrogen (secondary N) is 1. The fourth-order valence-corrected chi connectivity index (χ4v) is 2.88. The first-order chi connectivity index (χ1) is 12.2. The zero-order valence-corrected chi connectivity index (χ0v) is 17.8. The van der Waals surface area contributed by atoms with Gasteiger partial charge in [0.05, 0.1) is 12.2 Å². The van der Waals surface area contributed by atoms with Crippen LogP contribution in [-0.4, -0.2) is 58.7 Å². The summed E-state index contributed by atoms with van der Waals surface area (Å²) in [5.41, 5.74) is 1.97. The molecule has 0 aliphatic carbocycles. The number of piperazine rings is 1. The first-order valence-electron chi connectivity index (χ1n) is 8.66. The molecule has 0 spiro atoms. The number of aryl methyl sites for hydroxylation is 2. The smallest absolute Gasteiger partial charge is 0.225 e. The molecule has 8 nitrogen and oxygen atoms in total. The van der Waals surface area contributed by atoms with Gasteiger partial charge in [-0.15, -0.1) is 24.0 Å². The van der Waals surface area contributed by atoms with E-state index in [0.717, 1.165) is 61.6 Å². The van der Waals surface area contributed by atoms with Crippen LogP contribution in [0.3, 0.4) is 0 Å². The van der Waals surface area contributed by atoms with Gasteiger partial charge in [-0.2, -0.15) is 0 Å². The van der Waals surface area contributed by atoms with E-state index in [1.807, 2.05) is 19.9 Å². The highest BCUT2D eigenvalue weighted by atomic mass is 127. The van der Waals surface area contributed by atoms with E-state index >= 15 is 0 Å². The maximum atomic E-state index is 5.22. The summed E-state index contributed by atoms with van der Waals surface area (Å²) in [6.07, 6.45) is 3.56. The Morgan fingerprint density at radius 2 is 1.88 bits per heavy atom. The zero-order chi connectivity index (χ0) is 17.6. The van der Waals surface area contributed by atoms with Gasteiger partial charge in [-0.25, -0.2) is 15.0 Å². The average molecular weight is 471 g/mol. The highest BCUT2D eigenvalue weighted by Gasteiger charge is 2.21. The Balaban J connectivity index is 0.00000243. The van der Waals surface area contributed by atoms with Gasteiger partial charge in [-0.1, -0.05) is 5.16 Å². The lowest BCUT2D eigenvalue weighted by Crippen LogP contribution is -2.53. The molecule has 0 amide bonds. The van der Waals surface area contributed by atoms with E-state index in [1.54, 1.807) is 12.4 Å². The number of nitrogens with zero attached hydrogens (tertiary/aromatic N) is 6. The fourth-order valence-electron chi connectivity index (χ4n) is 2.88. The monoisotopic (exact) mass is 471 g/mol. The third-order valence-electron chi connectivity index (χ3n) is 4.32. The second kappa shape index (κ2) is 9.70. The maximum absolute atomic E-state index is 5.22. The molecule has 142 valence electrons. The zero-order valence-electron chi connectivity index (χ0n) is 15.5. The van der Waals surface area contributed by atoms with Crippen molar-refractivity contribution in [2.45, 2.75) is 27.3 Å². The van der Waals surface area contributed by atoms with E-state index in [0.29, 0.717) is 6.54 Å². The summed E-state index contributed by atoms with van der Waals surface area (Å²) in [7, 11) is 0. The lowest BCUT2D eigenvalue weighted by molar-refractivity contribution is 0.370. The predicted molar refractivity (Wildman–Crippen MR) is 112 cm³/mol. The Morgan fingerprint density at radius 3 is 2.46 bits per heavy atom. The Hall–Kier alpha value is -1.91. The van der Waals surface area contributed by atoms with E-state index < -0.39 is 0 Å². The Kier molecular flexibility index (Phi) is 7.61. The molecule has 0 aromatic carbocycles. The van der Waals surface area contributed by atoms with Gasteiger partial charge in [-0.05, 0) is 26.8 Å². The van der Waals surface area contributed by atoms with Crippen LogP contribution in [0.5, 0.6) is 0 Å². The summed E-state index contributed by atoms with van der Waals surface area (Å²) in [4.78, 5) is 17.9. The van der Waals surface area contributed by atoms with Crippen molar-refractivity contribution in [3.63, 3.8) is 0 Å². The molecular formula is C17H26IN7O. The van der Waals surface area contributed by atoms with E-state index in [9.17, 15) is 0 Å². The van der Waals surface area contributed by atoms with Gasteiger partial charge in [0.25, 0.3) is 0 Å². The quantitative estimate of drug-likeness (QED) is 0.415. The Morgan fingerprint density at radius 1 is 1.19 bits per heavy atom. The van der Waals surface area contributed by atoms with Gasteiger partial charge in [0, 0.05) is 50.7 Å². The van der Waals surface area contributed by atoms with Crippen LogP contribution in [-0.2, 0) is 6.54 Å². The third-order valence-corrected chi connectivity index (χ3v) is 4.32. The van der Waals surface area contributed by atoms with Crippen molar-refractivity contribution in [2.24, 2.45) is 4.99 Å². The molecule has 9 heteroatoms. The number of guanidine groups is 1. The van der Waals surface area contributed by atoms with Gasteiger partial charge in [0.1, 0.15) is 5.76 Å². The van der Waals surface area contributed by atoms with Crippen molar-refractivity contribution in [3.8, 4) is 0 Å². The summed E-state index contributed by atoms with van der Waals surface area (Å²) in [6, 6.07) is 1.84. The summed E-state index contributed by atoms with van der Waals surface area (Å²) in [5.74, 6) is 2.55.